The van der Waals surface area contributed by atoms with E-state index in [-0.39, 0.29) is 54.2 Å². The lowest BCUT2D eigenvalue weighted by atomic mass is 9.97. The minimum atomic E-state index is -2.95. The molecule has 178 valence electrons. The van der Waals surface area contributed by atoms with Crippen molar-refractivity contribution in [3.8, 4) is 11.5 Å². The van der Waals surface area contributed by atoms with Gasteiger partial charge in [0.05, 0.1) is 12.5 Å². The Bertz CT molecular complexity index is 1210. The topological polar surface area (TPSA) is 79.5 Å². The Balaban J connectivity index is 1.57. The number of halogens is 4. The van der Waals surface area contributed by atoms with Gasteiger partial charge in [-0.1, -0.05) is 19.1 Å². The molecule has 2 heterocycles. The number of alkyl halides is 2. The van der Waals surface area contributed by atoms with E-state index in [1.54, 1.807) is 11.8 Å². The number of aromatic nitrogens is 2. The Morgan fingerprint density at radius 1 is 1.15 bits per heavy atom. The van der Waals surface area contributed by atoms with Gasteiger partial charge < -0.3 is 14.2 Å². The van der Waals surface area contributed by atoms with E-state index in [1.807, 2.05) is 0 Å². The number of hydrogen-bond donors (Lipinski definition) is 0. The minimum Gasteiger partial charge on any atom is -0.415 e. The quantitative estimate of drug-likeness (QED) is 0.474. The van der Waals surface area contributed by atoms with Gasteiger partial charge in [0.25, 0.3) is 5.89 Å². The van der Waals surface area contributed by atoms with Crippen molar-refractivity contribution in [2.24, 2.45) is 5.92 Å². The average Bonchev–Trinajstić information content (AvgIpc) is 3.27. The van der Waals surface area contributed by atoms with Crippen LogP contribution in [0.2, 0.25) is 0 Å². The van der Waals surface area contributed by atoms with Gasteiger partial charge in [0.15, 0.2) is 0 Å². The van der Waals surface area contributed by atoms with Crippen molar-refractivity contribution in [1.29, 1.82) is 0 Å². The van der Waals surface area contributed by atoms with E-state index in [1.165, 1.54) is 41.3 Å². The highest BCUT2D eigenvalue weighted by Crippen LogP contribution is 2.28. The van der Waals surface area contributed by atoms with E-state index in [0.717, 1.165) is 6.07 Å². The molecule has 1 saturated heterocycles. The monoisotopic (exact) mass is 476 g/mol. The van der Waals surface area contributed by atoms with E-state index in [9.17, 15) is 27.2 Å². The lowest BCUT2D eigenvalue weighted by Gasteiger charge is -2.40. The number of amides is 2. The molecule has 11 heteroatoms. The summed E-state index contributed by atoms with van der Waals surface area (Å²) in [6, 6.07) is 9.17. The number of nitrogens with zero attached hydrogens (tertiary/aromatic N) is 4. The first kappa shape index (κ1) is 23.4. The standard InChI is InChI=1S/C23H20F4N4O3/c1-2-19(32)30-10-15(11-30)23(33)31(17-5-3-4-16(24)9-17)12-14-7-6-13(8-18(14)25)21-28-29-22(34-21)20(26)27/h3-9,15,20H,2,10-12H2,1H3. The van der Waals surface area contributed by atoms with E-state index >= 15 is 0 Å². The highest BCUT2D eigenvalue weighted by atomic mass is 19.3. The first-order valence-electron chi connectivity index (χ1n) is 10.5. The molecule has 0 spiro atoms. The number of carbonyl (C=O) groups excluding carboxylic acids is 2. The Kier molecular flexibility index (Phi) is 6.62. The van der Waals surface area contributed by atoms with Gasteiger partial charge in [-0.2, -0.15) is 8.78 Å². The normalized spacial score (nSPS) is 13.8. The van der Waals surface area contributed by atoms with Gasteiger partial charge in [0.2, 0.25) is 17.7 Å². The van der Waals surface area contributed by atoms with Crippen molar-refractivity contribution < 1.29 is 31.6 Å². The molecule has 0 atom stereocenters. The molecule has 2 amide bonds. The highest BCUT2D eigenvalue weighted by molar-refractivity contribution is 5.96. The van der Waals surface area contributed by atoms with Crippen molar-refractivity contribution >= 4 is 17.5 Å². The lowest BCUT2D eigenvalue weighted by molar-refractivity contribution is -0.141. The molecule has 4 rings (SSSR count). The Morgan fingerprint density at radius 3 is 2.53 bits per heavy atom. The van der Waals surface area contributed by atoms with Gasteiger partial charge in [0.1, 0.15) is 11.6 Å². The predicted molar refractivity (Wildman–Crippen MR) is 113 cm³/mol. The van der Waals surface area contributed by atoms with Crippen molar-refractivity contribution in [3.05, 3.63) is 65.6 Å². The fourth-order valence-electron chi connectivity index (χ4n) is 3.64. The van der Waals surface area contributed by atoms with Crippen molar-refractivity contribution in [1.82, 2.24) is 15.1 Å². The molecular weight excluding hydrogens is 456 g/mol. The number of carbonyl (C=O) groups is 2. The van der Waals surface area contributed by atoms with Crippen LogP contribution in [-0.4, -0.2) is 40.0 Å². The smallest absolute Gasteiger partial charge is 0.314 e. The second-order valence-corrected chi connectivity index (χ2v) is 7.81. The van der Waals surface area contributed by atoms with Crippen molar-refractivity contribution in [2.75, 3.05) is 18.0 Å². The maximum atomic E-state index is 14.9. The van der Waals surface area contributed by atoms with E-state index in [2.05, 4.69) is 10.2 Å². The largest absolute Gasteiger partial charge is 0.415 e. The summed E-state index contributed by atoms with van der Waals surface area (Å²) in [4.78, 5) is 27.8. The molecule has 3 aromatic rings. The molecule has 1 aliphatic rings. The molecule has 34 heavy (non-hydrogen) atoms. The van der Waals surface area contributed by atoms with Crippen LogP contribution < -0.4 is 4.90 Å². The third kappa shape index (κ3) is 4.78. The number of benzene rings is 2. The summed E-state index contributed by atoms with van der Waals surface area (Å²) in [5.41, 5.74) is 0.444. The van der Waals surface area contributed by atoms with Gasteiger partial charge in [-0.3, -0.25) is 9.59 Å². The minimum absolute atomic E-state index is 0.0704. The average molecular weight is 476 g/mol. The van der Waals surface area contributed by atoms with Crippen LogP contribution in [0.1, 0.15) is 31.2 Å². The van der Waals surface area contributed by atoms with E-state index < -0.39 is 29.9 Å². The predicted octanol–water partition coefficient (Wildman–Crippen LogP) is 4.35. The van der Waals surface area contributed by atoms with Crippen LogP contribution in [0, 0.1) is 17.6 Å². The molecule has 0 unspecified atom stereocenters. The number of rotatable bonds is 7. The molecule has 1 aliphatic heterocycles. The van der Waals surface area contributed by atoms with Crippen molar-refractivity contribution in [3.63, 3.8) is 0 Å². The number of anilines is 1. The van der Waals surface area contributed by atoms with Crippen molar-refractivity contribution in [2.45, 2.75) is 26.3 Å². The second kappa shape index (κ2) is 9.62. The van der Waals surface area contributed by atoms with Gasteiger partial charge in [0, 0.05) is 36.3 Å². The summed E-state index contributed by atoms with van der Waals surface area (Å²) in [6.45, 7) is 2.00. The summed E-state index contributed by atoms with van der Waals surface area (Å²) in [5.74, 6) is -3.37. The zero-order valence-corrected chi connectivity index (χ0v) is 18.1. The van der Waals surface area contributed by atoms with Crippen LogP contribution in [0.3, 0.4) is 0 Å². The molecule has 0 aliphatic carbocycles. The van der Waals surface area contributed by atoms with Crippen LogP contribution >= 0.6 is 0 Å². The summed E-state index contributed by atoms with van der Waals surface area (Å²) < 4.78 is 59.0. The SMILES string of the molecule is CCC(=O)N1CC(C(=O)N(Cc2ccc(-c3nnc(C(F)F)o3)cc2F)c2cccc(F)c2)C1. The van der Waals surface area contributed by atoms with Gasteiger partial charge in [-0.05, 0) is 30.3 Å². The van der Waals surface area contributed by atoms with Crippen LogP contribution in [0.25, 0.3) is 11.5 Å². The zero-order valence-electron chi connectivity index (χ0n) is 18.1. The maximum absolute atomic E-state index is 14.9. The summed E-state index contributed by atoms with van der Waals surface area (Å²) >= 11 is 0. The fourth-order valence-corrected chi connectivity index (χ4v) is 3.64. The fraction of sp³-hybridized carbons (Fsp3) is 0.304. The molecule has 0 bridgehead atoms. The highest BCUT2D eigenvalue weighted by Gasteiger charge is 2.38. The summed E-state index contributed by atoms with van der Waals surface area (Å²) in [6.07, 6.45) is -2.63. The van der Waals surface area contributed by atoms with Gasteiger partial charge >= 0.3 is 6.43 Å². The molecule has 7 nitrogen and oxygen atoms in total. The molecule has 2 aromatic carbocycles. The van der Waals surface area contributed by atoms with E-state index in [4.69, 9.17) is 4.42 Å². The summed E-state index contributed by atoms with van der Waals surface area (Å²) in [5, 5.41) is 6.71. The molecule has 0 saturated carbocycles. The molecule has 0 radical (unpaired) electrons. The Hall–Kier alpha value is -3.76. The molecule has 1 fully saturated rings. The number of hydrogen-bond acceptors (Lipinski definition) is 5. The first-order valence-corrected chi connectivity index (χ1v) is 10.5. The van der Waals surface area contributed by atoms with E-state index in [0.29, 0.717) is 6.42 Å². The van der Waals surface area contributed by atoms with Gasteiger partial charge in [-0.25, -0.2) is 8.78 Å². The Labute approximate surface area is 192 Å². The lowest BCUT2D eigenvalue weighted by Crippen LogP contribution is -2.56. The van der Waals surface area contributed by atoms with Crippen LogP contribution in [-0.2, 0) is 16.1 Å². The zero-order chi connectivity index (χ0) is 24.4. The maximum Gasteiger partial charge on any atom is 0.314 e. The second-order valence-electron chi connectivity index (χ2n) is 7.81. The number of likely N-dealkylation sites (tertiary alicyclic amines) is 1. The first-order chi connectivity index (χ1) is 16.3. The Morgan fingerprint density at radius 2 is 1.91 bits per heavy atom. The third-order valence-electron chi connectivity index (χ3n) is 5.53. The molecule has 0 N–H and O–H groups in total. The summed E-state index contributed by atoms with van der Waals surface area (Å²) in [7, 11) is 0. The van der Waals surface area contributed by atoms with Crippen LogP contribution in [0.4, 0.5) is 23.2 Å². The van der Waals surface area contributed by atoms with Crippen LogP contribution in [0.5, 0.6) is 0 Å². The molecule has 1 aromatic heterocycles. The van der Waals surface area contributed by atoms with Gasteiger partial charge in [-0.15, -0.1) is 10.2 Å². The molecular formula is C23H20F4N4O3. The van der Waals surface area contributed by atoms with Crippen LogP contribution in [0.15, 0.2) is 46.9 Å². The third-order valence-corrected chi connectivity index (χ3v) is 5.53.